The van der Waals surface area contributed by atoms with Crippen LogP contribution in [0.3, 0.4) is 0 Å². The number of halogens is 1. The van der Waals surface area contributed by atoms with Crippen molar-refractivity contribution in [3.05, 3.63) is 64.7 Å². The highest BCUT2D eigenvalue weighted by molar-refractivity contribution is 6.30. The summed E-state index contributed by atoms with van der Waals surface area (Å²) >= 11 is 5.93. The van der Waals surface area contributed by atoms with Gasteiger partial charge in [-0.05, 0) is 68.5 Å². The van der Waals surface area contributed by atoms with E-state index in [1.807, 2.05) is 15.9 Å². The van der Waals surface area contributed by atoms with E-state index in [0.717, 1.165) is 13.0 Å². The molecule has 0 N–H and O–H groups in total. The van der Waals surface area contributed by atoms with Gasteiger partial charge in [0.2, 0.25) is 5.91 Å². The molecule has 2 aromatic carbocycles. The highest BCUT2D eigenvalue weighted by Crippen LogP contribution is 2.27. The molecule has 5 nitrogen and oxygen atoms in total. The predicted molar refractivity (Wildman–Crippen MR) is 121 cm³/mol. The maximum absolute atomic E-state index is 13.1. The molecule has 0 aliphatic carbocycles. The Bertz CT molecular complexity index is 949. The lowest BCUT2D eigenvalue weighted by Gasteiger charge is -2.38. The fourth-order valence-corrected chi connectivity index (χ4v) is 4.62. The third-order valence-electron chi connectivity index (χ3n) is 6.28. The van der Waals surface area contributed by atoms with Gasteiger partial charge in [0.15, 0.2) is 5.60 Å². The number of likely N-dealkylation sites (tertiary alicyclic amines) is 1. The Labute approximate surface area is 188 Å². The van der Waals surface area contributed by atoms with Crippen molar-refractivity contribution >= 4 is 23.4 Å². The number of fused-ring (bicyclic) bond motifs is 1. The number of hydrogen-bond acceptors (Lipinski definition) is 3. The van der Waals surface area contributed by atoms with Crippen LogP contribution in [0.4, 0.5) is 0 Å². The van der Waals surface area contributed by atoms with Gasteiger partial charge in [-0.2, -0.15) is 0 Å². The fourth-order valence-electron chi connectivity index (χ4n) is 4.49. The summed E-state index contributed by atoms with van der Waals surface area (Å²) in [6.07, 6.45) is 2.30. The summed E-state index contributed by atoms with van der Waals surface area (Å²) in [5.74, 6) is 0.756. The van der Waals surface area contributed by atoms with E-state index in [-0.39, 0.29) is 17.7 Å². The molecular formula is C25H29ClN2O3. The summed E-state index contributed by atoms with van der Waals surface area (Å²) in [6, 6.07) is 15.4. The van der Waals surface area contributed by atoms with E-state index >= 15 is 0 Å². The van der Waals surface area contributed by atoms with Crippen molar-refractivity contribution < 1.29 is 14.3 Å². The Morgan fingerprint density at radius 3 is 2.26 bits per heavy atom. The monoisotopic (exact) mass is 440 g/mol. The van der Waals surface area contributed by atoms with Crippen molar-refractivity contribution in [1.29, 1.82) is 0 Å². The molecule has 0 aromatic heterocycles. The first-order chi connectivity index (χ1) is 14.8. The Morgan fingerprint density at radius 2 is 1.58 bits per heavy atom. The normalized spacial score (nSPS) is 17.3. The molecule has 0 unspecified atom stereocenters. The number of piperidine rings is 1. The maximum Gasteiger partial charge on any atom is 0.266 e. The van der Waals surface area contributed by atoms with E-state index in [9.17, 15) is 9.59 Å². The summed E-state index contributed by atoms with van der Waals surface area (Å²) in [5, 5.41) is 0.625. The van der Waals surface area contributed by atoms with Gasteiger partial charge in [0.05, 0.1) is 0 Å². The molecule has 1 saturated heterocycles. The number of nitrogens with zero attached hydrogens (tertiary/aromatic N) is 2. The van der Waals surface area contributed by atoms with Crippen LogP contribution in [0.2, 0.25) is 5.02 Å². The van der Waals surface area contributed by atoms with E-state index < -0.39 is 5.60 Å². The highest BCUT2D eigenvalue weighted by Gasteiger charge is 2.38. The molecule has 164 valence electrons. The van der Waals surface area contributed by atoms with Crippen molar-refractivity contribution in [3.63, 3.8) is 0 Å². The molecule has 0 saturated carbocycles. The van der Waals surface area contributed by atoms with Crippen LogP contribution in [0.5, 0.6) is 5.75 Å². The smallest absolute Gasteiger partial charge is 0.266 e. The number of carbonyl (C=O) groups excluding carboxylic acids is 2. The molecule has 2 aliphatic heterocycles. The van der Waals surface area contributed by atoms with E-state index in [1.165, 1.54) is 11.1 Å². The fraction of sp³-hybridized carbons (Fsp3) is 0.440. The van der Waals surface area contributed by atoms with Crippen LogP contribution in [0, 0.1) is 5.92 Å². The van der Waals surface area contributed by atoms with Crippen molar-refractivity contribution in [2.45, 2.75) is 45.3 Å². The molecule has 0 radical (unpaired) electrons. The summed E-state index contributed by atoms with van der Waals surface area (Å²) < 4.78 is 5.95. The average molecular weight is 441 g/mol. The lowest BCUT2D eigenvalue weighted by molar-refractivity contribution is -0.149. The molecule has 0 atom stereocenters. The third-order valence-corrected chi connectivity index (χ3v) is 6.53. The van der Waals surface area contributed by atoms with Gasteiger partial charge in [0, 0.05) is 37.1 Å². The van der Waals surface area contributed by atoms with Gasteiger partial charge in [-0.3, -0.25) is 9.59 Å². The molecule has 6 heteroatoms. The van der Waals surface area contributed by atoms with Gasteiger partial charge in [0.25, 0.3) is 5.91 Å². The number of benzene rings is 2. The van der Waals surface area contributed by atoms with Crippen LogP contribution in [-0.2, 0) is 22.6 Å². The standard InChI is InChI=1S/C25H29ClN2O3/c1-25(2,31-22-9-7-21(26)8-10-22)24(30)27-14-12-19(13-15-27)23(29)28-16-11-18-5-3-4-6-20(18)17-28/h3-10,19H,11-17H2,1-2H3. The van der Waals surface area contributed by atoms with E-state index in [2.05, 4.69) is 18.2 Å². The Morgan fingerprint density at radius 1 is 0.935 bits per heavy atom. The Balaban J connectivity index is 1.32. The summed E-state index contributed by atoms with van der Waals surface area (Å²) in [7, 11) is 0. The minimum Gasteiger partial charge on any atom is -0.478 e. The number of rotatable bonds is 4. The van der Waals surface area contributed by atoms with Crippen LogP contribution in [0.15, 0.2) is 48.5 Å². The van der Waals surface area contributed by atoms with Gasteiger partial charge in [-0.25, -0.2) is 0 Å². The average Bonchev–Trinajstić information content (AvgIpc) is 2.79. The Kier molecular flexibility index (Phi) is 6.24. The maximum atomic E-state index is 13.1. The van der Waals surface area contributed by atoms with Crippen LogP contribution in [0.1, 0.15) is 37.8 Å². The number of amides is 2. The molecule has 1 fully saturated rings. The quantitative estimate of drug-likeness (QED) is 0.711. The minimum absolute atomic E-state index is 0.0189. The molecule has 2 amide bonds. The minimum atomic E-state index is -0.985. The van der Waals surface area contributed by atoms with Crippen LogP contribution < -0.4 is 4.74 Å². The van der Waals surface area contributed by atoms with Crippen molar-refractivity contribution in [2.75, 3.05) is 19.6 Å². The van der Waals surface area contributed by atoms with Crippen LogP contribution in [-0.4, -0.2) is 46.8 Å². The first-order valence-corrected chi connectivity index (χ1v) is 11.3. The lowest BCUT2D eigenvalue weighted by atomic mass is 9.92. The van der Waals surface area contributed by atoms with Gasteiger partial charge in [-0.15, -0.1) is 0 Å². The predicted octanol–water partition coefficient (Wildman–Crippen LogP) is 4.32. The first-order valence-electron chi connectivity index (χ1n) is 10.9. The zero-order valence-corrected chi connectivity index (χ0v) is 18.9. The van der Waals surface area contributed by atoms with Gasteiger partial charge < -0.3 is 14.5 Å². The topological polar surface area (TPSA) is 49.9 Å². The summed E-state index contributed by atoms with van der Waals surface area (Å²) in [4.78, 5) is 30.0. The van der Waals surface area contributed by atoms with E-state index in [1.54, 1.807) is 38.1 Å². The van der Waals surface area contributed by atoms with Crippen molar-refractivity contribution in [1.82, 2.24) is 9.80 Å². The lowest BCUT2D eigenvalue weighted by Crippen LogP contribution is -2.52. The van der Waals surface area contributed by atoms with Crippen molar-refractivity contribution in [3.8, 4) is 5.75 Å². The zero-order chi connectivity index (χ0) is 22.0. The molecule has 0 spiro atoms. The highest BCUT2D eigenvalue weighted by atomic mass is 35.5. The number of ether oxygens (including phenoxy) is 1. The summed E-state index contributed by atoms with van der Waals surface area (Å²) in [6.45, 7) is 6.19. The second kappa shape index (κ2) is 8.91. The number of carbonyl (C=O) groups is 2. The number of hydrogen-bond donors (Lipinski definition) is 0. The van der Waals surface area contributed by atoms with Gasteiger partial charge >= 0.3 is 0 Å². The van der Waals surface area contributed by atoms with Gasteiger partial charge in [0.1, 0.15) is 5.75 Å². The zero-order valence-electron chi connectivity index (χ0n) is 18.1. The molecular weight excluding hydrogens is 412 g/mol. The molecule has 31 heavy (non-hydrogen) atoms. The Hall–Kier alpha value is -2.53. The third kappa shape index (κ3) is 4.87. The van der Waals surface area contributed by atoms with Gasteiger partial charge in [-0.1, -0.05) is 35.9 Å². The molecule has 0 bridgehead atoms. The molecule has 4 rings (SSSR count). The van der Waals surface area contributed by atoms with Crippen LogP contribution in [0.25, 0.3) is 0 Å². The van der Waals surface area contributed by atoms with Crippen molar-refractivity contribution in [2.24, 2.45) is 5.92 Å². The molecule has 2 aliphatic rings. The SMILES string of the molecule is CC(C)(Oc1ccc(Cl)cc1)C(=O)N1CCC(C(=O)N2CCc3ccccc3C2)CC1. The second-order valence-electron chi connectivity index (χ2n) is 8.91. The molecule has 2 aromatic rings. The second-order valence-corrected chi connectivity index (χ2v) is 9.35. The molecule has 2 heterocycles. The van der Waals surface area contributed by atoms with E-state index in [0.29, 0.717) is 43.2 Å². The van der Waals surface area contributed by atoms with Crippen LogP contribution >= 0.6 is 11.6 Å². The van der Waals surface area contributed by atoms with E-state index in [4.69, 9.17) is 16.3 Å². The first kappa shape index (κ1) is 21.7. The summed E-state index contributed by atoms with van der Waals surface area (Å²) in [5.41, 5.74) is 1.60. The largest absolute Gasteiger partial charge is 0.478 e.